The van der Waals surface area contributed by atoms with Crippen molar-refractivity contribution in [3.8, 4) is 34.0 Å². The molecule has 0 aliphatic heterocycles. The first-order chi connectivity index (χ1) is 21.3. The molecule has 7 nitrogen and oxygen atoms in total. The zero-order valence-corrected chi connectivity index (χ0v) is 27.5. The first-order valence-electron chi connectivity index (χ1n) is 13.9. The van der Waals surface area contributed by atoms with Crippen LogP contribution >= 0.6 is 41.8 Å². The fourth-order valence-corrected chi connectivity index (χ4v) is 7.34. The maximum Gasteiger partial charge on any atom is 0.359 e. The van der Waals surface area contributed by atoms with Crippen LogP contribution in [0.4, 0.5) is 0 Å². The number of aryl methyl sites for hydroxylation is 1. The highest BCUT2D eigenvalue weighted by atomic mass is 127. The number of alkyl halides is 1. The highest BCUT2D eigenvalue weighted by Gasteiger charge is 2.30. The SMILES string of the molecule is Cc1ccc(Oc2nc3cc(-c4ccc(-c5ccccc5)cc4)c(Cl)cc3[nH]2)cc1P(=O)(O)OC(CCI)c1ccncc1. The summed E-state index contributed by atoms with van der Waals surface area (Å²) in [6, 6.07) is 31.0. The molecule has 6 aromatic rings. The molecule has 2 N–H and O–H groups in total. The Kier molecular flexibility index (Phi) is 9.16. The third kappa shape index (κ3) is 6.75. The lowest BCUT2D eigenvalue weighted by Crippen LogP contribution is -2.14. The number of ether oxygens (including phenoxy) is 1. The summed E-state index contributed by atoms with van der Waals surface area (Å²) < 4.78 is 26.2. The third-order valence-corrected chi connectivity index (χ3v) is 9.84. The van der Waals surface area contributed by atoms with Gasteiger partial charge in [-0.05, 0) is 77.6 Å². The van der Waals surface area contributed by atoms with E-state index in [1.54, 1.807) is 43.6 Å². The number of fused-ring (bicyclic) bond motifs is 1. The highest BCUT2D eigenvalue weighted by molar-refractivity contribution is 14.1. The number of benzene rings is 4. The zero-order chi connectivity index (χ0) is 30.7. The van der Waals surface area contributed by atoms with Crippen molar-refractivity contribution in [2.75, 3.05) is 4.43 Å². The van der Waals surface area contributed by atoms with Crippen LogP contribution in [0.5, 0.6) is 11.8 Å². The molecule has 0 amide bonds. The Balaban J connectivity index is 1.24. The summed E-state index contributed by atoms with van der Waals surface area (Å²) in [6.45, 7) is 1.77. The maximum atomic E-state index is 13.6. The maximum absolute atomic E-state index is 13.6. The van der Waals surface area contributed by atoms with E-state index in [1.807, 2.05) is 42.5 Å². The molecule has 4 aromatic carbocycles. The molecule has 2 unspecified atom stereocenters. The molecule has 0 fully saturated rings. The van der Waals surface area contributed by atoms with Crippen molar-refractivity contribution >= 4 is 58.1 Å². The van der Waals surface area contributed by atoms with Crippen molar-refractivity contribution in [1.29, 1.82) is 0 Å². The molecular weight excluding hydrogens is 708 g/mol. The Bertz CT molecular complexity index is 1950. The number of H-pyrrole nitrogens is 1. The lowest BCUT2D eigenvalue weighted by molar-refractivity contribution is 0.180. The van der Waals surface area contributed by atoms with Crippen LogP contribution in [0, 0.1) is 6.92 Å². The van der Waals surface area contributed by atoms with E-state index in [0.717, 1.165) is 32.2 Å². The number of hydrogen-bond donors (Lipinski definition) is 2. The first kappa shape index (κ1) is 30.5. The highest BCUT2D eigenvalue weighted by Crippen LogP contribution is 2.48. The van der Waals surface area contributed by atoms with Gasteiger partial charge in [-0.15, -0.1) is 0 Å². The number of rotatable bonds is 10. The van der Waals surface area contributed by atoms with Crippen molar-refractivity contribution in [2.45, 2.75) is 19.4 Å². The molecule has 0 radical (unpaired) electrons. The second-order valence-corrected chi connectivity index (χ2v) is 13.5. The average Bonchev–Trinajstić information content (AvgIpc) is 3.43. The monoisotopic (exact) mass is 735 g/mol. The molecule has 0 spiro atoms. The van der Waals surface area contributed by atoms with Gasteiger partial charge in [-0.1, -0.05) is 94.9 Å². The molecule has 2 aromatic heterocycles. The molecular formula is C34H28ClIN3O4P. The summed E-state index contributed by atoms with van der Waals surface area (Å²) in [6.07, 6.45) is 3.31. The smallest absolute Gasteiger partial charge is 0.359 e. The van der Waals surface area contributed by atoms with Crippen molar-refractivity contribution in [3.63, 3.8) is 0 Å². The number of aromatic nitrogens is 3. The van der Waals surface area contributed by atoms with E-state index in [2.05, 4.69) is 61.8 Å². The van der Waals surface area contributed by atoms with Crippen LogP contribution in [0.25, 0.3) is 33.3 Å². The number of aromatic amines is 1. The van der Waals surface area contributed by atoms with Crippen LogP contribution in [-0.4, -0.2) is 24.3 Å². The number of pyridine rings is 1. The van der Waals surface area contributed by atoms with E-state index >= 15 is 0 Å². The van der Waals surface area contributed by atoms with Crippen molar-refractivity contribution < 1.29 is 18.7 Å². The molecule has 0 saturated heterocycles. The summed E-state index contributed by atoms with van der Waals surface area (Å²) in [5.74, 6) is 0.347. The van der Waals surface area contributed by atoms with Crippen molar-refractivity contribution in [1.82, 2.24) is 15.0 Å². The normalized spacial score (nSPS) is 13.5. The van der Waals surface area contributed by atoms with E-state index in [-0.39, 0.29) is 11.3 Å². The number of nitrogens with zero attached hydrogens (tertiary/aromatic N) is 2. The van der Waals surface area contributed by atoms with Gasteiger partial charge in [0, 0.05) is 22.4 Å². The van der Waals surface area contributed by atoms with Gasteiger partial charge in [0.15, 0.2) is 0 Å². The Morgan fingerprint density at radius 3 is 2.36 bits per heavy atom. The van der Waals surface area contributed by atoms with Gasteiger partial charge in [-0.2, -0.15) is 4.98 Å². The number of hydrogen-bond acceptors (Lipinski definition) is 5. The van der Waals surface area contributed by atoms with Gasteiger partial charge in [0.2, 0.25) is 0 Å². The van der Waals surface area contributed by atoms with Gasteiger partial charge < -0.3 is 14.6 Å². The van der Waals surface area contributed by atoms with Crippen LogP contribution in [0.15, 0.2) is 109 Å². The average molecular weight is 736 g/mol. The summed E-state index contributed by atoms with van der Waals surface area (Å²) in [5.41, 5.74) is 6.88. The zero-order valence-electron chi connectivity index (χ0n) is 23.7. The van der Waals surface area contributed by atoms with E-state index in [9.17, 15) is 9.46 Å². The van der Waals surface area contributed by atoms with Gasteiger partial charge in [0.05, 0.1) is 27.5 Å². The van der Waals surface area contributed by atoms with Gasteiger partial charge in [-0.3, -0.25) is 14.1 Å². The van der Waals surface area contributed by atoms with Crippen LogP contribution < -0.4 is 10.0 Å². The van der Waals surface area contributed by atoms with Crippen LogP contribution in [0.2, 0.25) is 5.02 Å². The van der Waals surface area contributed by atoms with Crippen LogP contribution in [0.3, 0.4) is 0 Å². The Morgan fingerprint density at radius 1 is 0.932 bits per heavy atom. The minimum atomic E-state index is -4.22. The second kappa shape index (κ2) is 13.2. The van der Waals surface area contributed by atoms with E-state index < -0.39 is 13.7 Å². The van der Waals surface area contributed by atoms with Crippen molar-refractivity contribution in [3.05, 3.63) is 126 Å². The minimum absolute atomic E-state index is 0.169. The number of imidazole rings is 1. The van der Waals surface area contributed by atoms with Gasteiger partial charge in [0.1, 0.15) is 5.75 Å². The van der Waals surface area contributed by atoms with E-state index in [0.29, 0.717) is 33.8 Å². The van der Waals surface area contributed by atoms with Crippen LogP contribution in [-0.2, 0) is 9.09 Å². The minimum Gasteiger partial charge on any atom is -0.426 e. The molecule has 10 heteroatoms. The summed E-state index contributed by atoms with van der Waals surface area (Å²) in [4.78, 5) is 22.9. The van der Waals surface area contributed by atoms with Gasteiger partial charge >= 0.3 is 7.60 Å². The number of nitrogens with one attached hydrogen (secondary N) is 1. The van der Waals surface area contributed by atoms with Crippen LogP contribution in [0.1, 0.15) is 23.7 Å². The fourth-order valence-electron chi connectivity index (χ4n) is 5.00. The summed E-state index contributed by atoms with van der Waals surface area (Å²) in [7, 11) is -4.22. The molecule has 0 saturated carbocycles. The predicted octanol–water partition coefficient (Wildman–Crippen LogP) is 9.44. The fraction of sp³-hybridized carbons (Fsp3) is 0.118. The Hall–Kier alpha value is -3.53. The number of halogens is 2. The van der Waals surface area contributed by atoms with Gasteiger partial charge in [-0.25, -0.2) is 0 Å². The quantitative estimate of drug-likeness (QED) is 0.0827. The molecule has 0 bridgehead atoms. The largest absolute Gasteiger partial charge is 0.426 e. The van der Waals surface area contributed by atoms with Crippen molar-refractivity contribution in [2.24, 2.45) is 0 Å². The standard InChI is InChI=1S/C34H28ClIN3O4P/c1-22-7-12-27(19-33(22)44(40,41)43-32(13-16-36)26-14-17-37-18-15-26)42-34-38-30-20-28(29(35)21-31(30)39-34)25-10-8-24(9-11-25)23-5-3-2-4-6-23/h2-12,14-15,17-21,32H,13,16H2,1H3,(H,38,39)(H,40,41). The summed E-state index contributed by atoms with van der Waals surface area (Å²) in [5, 5.41) is 0.745. The Labute approximate surface area is 273 Å². The molecule has 2 atom stereocenters. The summed E-state index contributed by atoms with van der Waals surface area (Å²) >= 11 is 8.93. The molecule has 2 heterocycles. The molecule has 44 heavy (non-hydrogen) atoms. The molecule has 222 valence electrons. The topological polar surface area (TPSA) is 97.3 Å². The van der Waals surface area contributed by atoms with Gasteiger partial charge in [0.25, 0.3) is 6.01 Å². The molecule has 0 aliphatic rings. The molecule has 6 rings (SSSR count). The second-order valence-electron chi connectivity index (χ2n) is 10.3. The lowest BCUT2D eigenvalue weighted by Gasteiger charge is -2.22. The predicted molar refractivity (Wildman–Crippen MR) is 184 cm³/mol. The molecule has 0 aliphatic carbocycles. The first-order valence-corrected chi connectivity index (χ1v) is 17.4. The lowest BCUT2D eigenvalue weighted by atomic mass is 10.00. The Morgan fingerprint density at radius 2 is 1.64 bits per heavy atom. The third-order valence-electron chi connectivity index (χ3n) is 7.27. The van der Waals surface area contributed by atoms with E-state index in [4.69, 9.17) is 20.9 Å². The van der Waals surface area contributed by atoms with E-state index in [1.165, 1.54) is 6.07 Å².